The fourth-order valence-corrected chi connectivity index (χ4v) is 2.50. The number of aliphatic hydroxyl groups is 1. The lowest BCUT2D eigenvalue weighted by molar-refractivity contribution is 0.118. The summed E-state index contributed by atoms with van der Waals surface area (Å²) in [5.74, 6) is 0. The molecule has 1 aliphatic rings. The predicted octanol–water partition coefficient (Wildman–Crippen LogP) is 0.607. The van der Waals surface area contributed by atoms with Crippen molar-refractivity contribution >= 4 is 7.60 Å². The molecule has 1 fully saturated rings. The summed E-state index contributed by atoms with van der Waals surface area (Å²) in [5.41, 5.74) is 0. The average molecular weight is 166 g/mol. The van der Waals surface area contributed by atoms with Crippen LogP contribution in [0.15, 0.2) is 0 Å². The van der Waals surface area contributed by atoms with Crippen LogP contribution in [-0.2, 0) is 13.6 Å². The SMILES string of the molecule is COP1(=O)CC[C@@H](CO)O1. The van der Waals surface area contributed by atoms with Gasteiger partial charge in [-0.1, -0.05) is 0 Å². The number of rotatable bonds is 2. The molecular weight excluding hydrogens is 155 g/mol. The van der Waals surface area contributed by atoms with E-state index in [0.29, 0.717) is 12.6 Å². The van der Waals surface area contributed by atoms with E-state index in [1.54, 1.807) is 0 Å². The Balaban J connectivity index is 2.49. The van der Waals surface area contributed by atoms with E-state index in [1.165, 1.54) is 7.11 Å². The molecular formula is C5H11O4P. The van der Waals surface area contributed by atoms with Crippen LogP contribution in [0.2, 0.25) is 0 Å². The van der Waals surface area contributed by atoms with Crippen molar-refractivity contribution in [2.45, 2.75) is 12.5 Å². The van der Waals surface area contributed by atoms with Crippen molar-refractivity contribution in [2.24, 2.45) is 0 Å². The van der Waals surface area contributed by atoms with Gasteiger partial charge < -0.3 is 14.2 Å². The maximum absolute atomic E-state index is 11.2. The van der Waals surface area contributed by atoms with Gasteiger partial charge in [0.1, 0.15) is 0 Å². The summed E-state index contributed by atoms with van der Waals surface area (Å²) in [4.78, 5) is 0. The molecule has 5 heteroatoms. The molecule has 0 aromatic rings. The molecule has 1 aliphatic heterocycles. The summed E-state index contributed by atoms with van der Waals surface area (Å²) < 4.78 is 20.8. The molecule has 1 N–H and O–H groups in total. The van der Waals surface area contributed by atoms with E-state index in [0.717, 1.165) is 0 Å². The summed E-state index contributed by atoms with van der Waals surface area (Å²) >= 11 is 0. The maximum Gasteiger partial charge on any atom is 0.330 e. The molecule has 0 aromatic carbocycles. The standard InChI is InChI=1S/C5H11O4P/c1-8-10(7)3-2-5(4-6)9-10/h5-6H,2-4H2,1H3/t5-,10?/m0/s1. The third kappa shape index (κ3) is 1.58. The Morgan fingerprint density at radius 1 is 1.90 bits per heavy atom. The fraction of sp³-hybridized carbons (Fsp3) is 1.00. The van der Waals surface area contributed by atoms with E-state index >= 15 is 0 Å². The molecule has 10 heavy (non-hydrogen) atoms. The van der Waals surface area contributed by atoms with Crippen LogP contribution >= 0.6 is 7.60 Å². The van der Waals surface area contributed by atoms with Gasteiger partial charge in [0.2, 0.25) is 0 Å². The van der Waals surface area contributed by atoms with Gasteiger partial charge in [0, 0.05) is 7.11 Å². The van der Waals surface area contributed by atoms with E-state index < -0.39 is 7.60 Å². The van der Waals surface area contributed by atoms with Crippen LogP contribution in [-0.4, -0.2) is 31.1 Å². The zero-order valence-electron chi connectivity index (χ0n) is 5.82. The Kier molecular flexibility index (Phi) is 2.47. The highest BCUT2D eigenvalue weighted by molar-refractivity contribution is 7.54. The largest absolute Gasteiger partial charge is 0.394 e. The second-order valence-corrected chi connectivity index (χ2v) is 4.46. The van der Waals surface area contributed by atoms with Crippen LogP contribution in [0.1, 0.15) is 6.42 Å². The van der Waals surface area contributed by atoms with Gasteiger partial charge in [-0.2, -0.15) is 0 Å². The summed E-state index contributed by atoms with van der Waals surface area (Å²) in [7, 11) is -1.42. The molecule has 0 aliphatic carbocycles. The third-order valence-electron chi connectivity index (χ3n) is 1.52. The molecule has 0 saturated carbocycles. The maximum atomic E-state index is 11.2. The lowest BCUT2D eigenvalue weighted by Crippen LogP contribution is -2.08. The number of hydrogen-bond donors (Lipinski definition) is 1. The first-order chi connectivity index (χ1) is 4.70. The van der Waals surface area contributed by atoms with Gasteiger partial charge in [-0.25, -0.2) is 0 Å². The van der Waals surface area contributed by atoms with Crippen molar-refractivity contribution in [1.29, 1.82) is 0 Å². The second-order valence-electron chi connectivity index (χ2n) is 2.22. The summed E-state index contributed by atoms with van der Waals surface area (Å²) in [6, 6.07) is 0. The van der Waals surface area contributed by atoms with E-state index in [4.69, 9.17) is 9.63 Å². The number of aliphatic hydroxyl groups excluding tert-OH is 1. The Morgan fingerprint density at radius 2 is 2.60 bits per heavy atom. The highest BCUT2D eigenvalue weighted by atomic mass is 31.2. The molecule has 1 unspecified atom stereocenters. The molecule has 0 amide bonds. The number of hydrogen-bond acceptors (Lipinski definition) is 4. The molecule has 0 aromatic heterocycles. The van der Waals surface area contributed by atoms with Gasteiger partial charge in [-0.15, -0.1) is 0 Å². The molecule has 4 nitrogen and oxygen atoms in total. The van der Waals surface area contributed by atoms with Gasteiger partial charge in [0.05, 0.1) is 18.9 Å². The van der Waals surface area contributed by atoms with E-state index in [9.17, 15) is 4.57 Å². The minimum Gasteiger partial charge on any atom is -0.394 e. The topological polar surface area (TPSA) is 55.8 Å². The second kappa shape index (κ2) is 3.01. The summed E-state index contributed by atoms with van der Waals surface area (Å²) in [6.07, 6.45) is 0.766. The van der Waals surface area contributed by atoms with Crippen LogP contribution in [0.25, 0.3) is 0 Å². The smallest absolute Gasteiger partial charge is 0.330 e. The quantitative estimate of drug-likeness (QED) is 0.610. The van der Waals surface area contributed by atoms with Crippen LogP contribution in [0.5, 0.6) is 0 Å². The Hall–Kier alpha value is 0.110. The monoisotopic (exact) mass is 166 g/mol. The molecule has 0 radical (unpaired) electrons. The van der Waals surface area contributed by atoms with Crippen molar-refractivity contribution in [3.8, 4) is 0 Å². The lowest BCUT2D eigenvalue weighted by Gasteiger charge is -2.08. The van der Waals surface area contributed by atoms with Crippen LogP contribution in [0, 0.1) is 0 Å². The molecule has 1 heterocycles. The van der Waals surface area contributed by atoms with Gasteiger partial charge >= 0.3 is 7.60 Å². The highest BCUT2D eigenvalue weighted by Crippen LogP contribution is 2.54. The predicted molar refractivity (Wildman–Crippen MR) is 36.1 cm³/mol. The minimum absolute atomic E-state index is 0.0760. The molecule has 0 spiro atoms. The van der Waals surface area contributed by atoms with Crippen molar-refractivity contribution in [2.75, 3.05) is 19.9 Å². The van der Waals surface area contributed by atoms with Gasteiger partial charge in [-0.3, -0.25) is 4.57 Å². The highest BCUT2D eigenvalue weighted by Gasteiger charge is 2.34. The van der Waals surface area contributed by atoms with Crippen molar-refractivity contribution in [3.05, 3.63) is 0 Å². The van der Waals surface area contributed by atoms with Crippen molar-refractivity contribution in [1.82, 2.24) is 0 Å². The molecule has 1 rings (SSSR count). The normalized spacial score (nSPS) is 40.4. The Morgan fingerprint density at radius 3 is 2.90 bits per heavy atom. The first kappa shape index (κ1) is 8.21. The molecule has 2 atom stereocenters. The Labute approximate surface area is 59.7 Å². The van der Waals surface area contributed by atoms with E-state index in [2.05, 4.69) is 4.52 Å². The van der Waals surface area contributed by atoms with Crippen LogP contribution in [0.4, 0.5) is 0 Å². The molecule has 60 valence electrons. The average Bonchev–Trinajstić information content (AvgIpc) is 2.33. The van der Waals surface area contributed by atoms with Gasteiger partial charge in [0.15, 0.2) is 0 Å². The van der Waals surface area contributed by atoms with Crippen LogP contribution in [0.3, 0.4) is 0 Å². The third-order valence-corrected chi connectivity index (χ3v) is 3.50. The van der Waals surface area contributed by atoms with E-state index in [-0.39, 0.29) is 12.7 Å². The zero-order valence-corrected chi connectivity index (χ0v) is 6.71. The molecule has 1 saturated heterocycles. The molecule has 0 bridgehead atoms. The lowest BCUT2D eigenvalue weighted by atomic mass is 10.3. The minimum atomic E-state index is -2.78. The fourth-order valence-electron chi connectivity index (χ4n) is 0.894. The Bertz CT molecular complexity index is 158. The van der Waals surface area contributed by atoms with Crippen molar-refractivity contribution in [3.63, 3.8) is 0 Å². The summed E-state index contributed by atoms with van der Waals surface area (Å²) in [6.45, 7) is -0.0760. The van der Waals surface area contributed by atoms with Crippen LogP contribution < -0.4 is 0 Å². The van der Waals surface area contributed by atoms with Gasteiger partial charge in [-0.05, 0) is 6.42 Å². The first-order valence-electron chi connectivity index (χ1n) is 3.14. The van der Waals surface area contributed by atoms with Crippen molar-refractivity contribution < 1.29 is 18.7 Å². The van der Waals surface area contributed by atoms with Gasteiger partial charge in [0.25, 0.3) is 0 Å². The zero-order chi connectivity index (χ0) is 7.61. The van der Waals surface area contributed by atoms with E-state index in [1.807, 2.05) is 0 Å². The first-order valence-corrected chi connectivity index (χ1v) is 4.87. The summed E-state index contributed by atoms with van der Waals surface area (Å²) in [5, 5.41) is 8.59.